The normalized spacial score (nSPS) is 20.3. The Bertz CT molecular complexity index is 491. The van der Waals surface area contributed by atoms with Gasteiger partial charge in [0.1, 0.15) is 6.04 Å². The minimum absolute atomic E-state index is 0.0891. The van der Waals surface area contributed by atoms with E-state index in [1.54, 1.807) is 6.92 Å². The molecule has 0 aromatic rings. The van der Waals surface area contributed by atoms with Gasteiger partial charge in [0.05, 0.1) is 12.0 Å². The van der Waals surface area contributed by atoms with E-state index >= 15 is 0 Å². The van der Waals surface area contributed by atoms with E-state index in [1.165, 1.54) is 10.4 Å². The van der Waals surface area contributed by atoms with Gasteiger partial charge in [0.2, 0.25) is 11.8 Å². The summed E-state index contributed by atoms with van der Waals surface area (Å²) < 4.78 is 14.4. The van der Waals surface area contributed by atoms with E-state index in [0.717, 1.165) is 6.42 Å². The molecule has 1 fully saturated rings. The van der Waals surface area contributed by atoms with Gasteiger partial charge < -0.3 is 15.3 Å². The third-order valence-corrected chi connectivity index (χ3v) is 4.72. The van der Waals surface area contributed by atoms with Crippen molar-refractivity contribution < 1.29 is 29.1 Å². The van der Waals surface area contributed by atoms with E-state index in [0.29, 0.717) is 32.2 Å². The lowest BCUT2D eigenvalue weighted by molar-refractivity contribution is -0.149. The molecule has 0 aromatic carbocycles. The number of nitrogens with one attached hydrogen (secondary N) is 2. The molecular formula is C17H30FN3O5. The number of alkyl halides is 1. The highest BCUT2D eigenvalue weighted by molar-refractivity contribution is 5.92. The summed E-state index contributed by atoms with van der Waals surface area (Å²) in [6.45, 7) is 4.06. The lowest BCUT2D eigenvalue weighted by Gasteiger charge is -2.29. The number of hydrogen-bond acceptors (Lipinski definition) is 5. The summed E-state index contributed by atoms with van der Waals surface area (Å²) >= 11 is 0. The summed E-state index contributed by atoms with van der Waals surface area (Å²) in [6, 6.07) is -0.736. The first kappa shape index (κ1) is 22.3. The average Bonchev–Trinajstić information content (AvgIpc) is 3.14. The molecule has 9 heteroatoms. The van der Waals surface area contributed by atoms with Crippen LogP contribution < -0.4 is 10.8 Å². The molecule has 0 aliphatic carbocycles. The predicted octanol–water partition coefficient (Wildman–Crippen LogP) is 0.514. The van der Waals surface area contributed by atoms with Crippen molar-refractivity contribution in [1.29, 1.82) is 0 Å². The van der Waals surface area contributed by atoms with Crippen molar-refractivity contribution in [2.75, 3.05) is 13.1 Å². The van der Waals surface area contributed by atoms with Crippen molar-refractivity contribution in [1.82, 2.24) is 15.7 Å². The van der Waals surface area contributed by atoms with Crippen LogP contribution in [0.2, 0.25) is 0 Å². The molecule has 0 bridgehead atoms. The molecule has 1 saturated heterocycles. The van der Waals surface area contributed by atoms with Crippen molar-refractivity contribution in [3.8, 4) is 0 Å². The van der Waals surface area contributed by atoms with E-state index in [1.807, 2.05) is 6.92 Å². The van der Waals surface area contributed by atoms with E-state index in [2.05, 4.69) is 5.32 Å². The Morgan fingerprint density at radius 3 is 2.58 bits per heavy atom. The first-order valence-corrected chi connectivity index (χ1v) is 9.21. The quantitative estimate of drug-likeness (QED) is 0.328. The van der Waals surface area contributed by atoms with Crippen molar-refractivity contribution in [3.63, 3.8) is 0 Å². The minimum atomic E-state index is -2.18. The van der Waals surface area contributed by atoms with E-state index < -0.39 is 36.0 Å². The fraction of sp³-hybridized carbons (Fsp3) is 0.824. The van der Waals surface area contributed by atoms with Gasteiger partial charge in [-0.2, -0.15) is 0 Å². The van der Waals surface area contributed by atoms with Gasteiger partial charge in [-0.3, -0.25) is 19.6 Å². The SMILES string of the molecule is CCCCC(C(=O)N1CCCC1C(=O)NC[C@@H](O)CC)C(F)C(=O)NO. The Labute approximate surface area is 153 Å². The number of amides is 3. The molecular weight excluding hydrogens is 345 g/mol. The molecule has 1 aliphatic rings. The molecule has 0 radical (unpaired) electrons. The van der Waals surface area contributed by atoms with E-state index in [4.69, 9.17) is 5.21 Å². The second-order valence-electron chi connectivity index (χ2n) is 6.62. The number of halogens is 1. The van der Waals surface area contributed by atoms with Crippen molar-refractivity contribution >= 4 is 17.7 Å². The maximum Gasteiger partial charge on any atom is 0.278 e. The van der Waals surface area contributed by atoms with Crippen LogP contribution in [0.5, 0.6) is 0 Å². The van der Waals surface area contributed by atoms with Crippen molar-refractivity contribution in [2.45, 2.75) is 70.7 Å². The molecule has 3 unspecified atom stereocenters. The minimum Gasteiger partial charge on any atom is -0.391 e. The molecule has 0 saturated carbocycles. The van der Waals surface area contributed by atoms with Crippen molar-refractivity contribution in [2.24, 2.45) is 5.92 Å². The fourth-order valence-electron chi connectivity index (χ4n) is 3.06. The summed E-state index contributed by atoms with van der Waals surface area (Å²) in [5.41, 5.74) is 1.25. The van der Waals surface area contributed by atoms with Gasteiger partial charge in [0.25, 0.3) is 5.91 Å². The fourth-order valence-corrected chi connectivity index (χ4v) is 3.06. The number of rotatable bonds is 10. The molecule has 1 heterocycles. The van der Waals surface area contributed by atoms with Crippen LogP contribution in [-0.2, 0) is 14.4 Å². The molecule has 26 heavy (non-hydrogen) atoms. The Morgan fingerprint density at radius 1 is 1.31 bits per heavy atom. The molecule has 4 atom stereocenters. The van der Waals surface area contributed by atoms with Crippen LogP contribution in [0.3, 0.4) is 0 Å². The third-order valence-electron chi connectivity index (χ3n) is 4.72. The van der Waals surface area contributed by atoms with Crippen LogP contribution in [-0.4, -0.2) is 64.3 Å². The van der Waals surface area contributed by atoms with E-state index in [9.17, 15) is 23.9 Å². The lowest BCUT2D eigenvalue weighted by atomic mass is 9.94. The average molecular weight is 375 g/mol. The largest absolute Gasteiger partial charge is 0.391 e. The Kier molecular flexibility index (Phi) is 9.50. The second kappa shape index (κ2) is 11.1. The second-order valence-corrected chi connectivity index (χ2v) is 6.62. The number of unbranched alkanes of at least 4 members (excludes halogenated alkanes) is 1. The third kappa shape index (κ3) is 5.91. The zero-order valence-corrected chi connectivity index (χ0v) is 15.4. The number of nitrogens with zero attached hydrogens (tertiary/aromatic N) is 1. The summed E-state index contributed by atoms with van der Waals surface area (Å²) in [5, 5.41) is 20.8. The molecule has 1 aliphatic heterocycles. The van der Waals surface area contributed by atoms with Gasteiger partial charge in [0.15, 0.2) is 6.17 Å². The van der Waals surface area contributed by atoms with E-state index in [-0.39, 0.29) is 18.9 Å². The topological polar surface area (TPSA) is 119 Å². The summed E-state index contributed by atoms with van der Waals surface area (Å²) in [5.74, 6) is -3.48. The zero-order chi connectivity index (χ0) is 19.7. The number of likely N-dealkylation sites (tertiary alicyclic amines) is 1. The smallest absolute Gasteiger partial charge is 0.278 e. The Balaban J connectivity index is 2.84. The van der Waals surface area contributed by atoms with Gasteiger partial charge in [-0.1, -0.05) is 26.7 Å². The Morgan fingerprint density at radius 2 is 2.00 bits per heavy atom. The highest BCUT2D eigenvalue weighted by atomic mass is 19.1. The van der Waals surface area contributed by atoms with Crippen molar-refractivity contribution in [3.05, 3.63) is 0 Å². The highest BCUT2D eigenvalue weighted by Crippen LogP contribution is 2.25. The molecule has 8 nitrogen and oxygen atoms in total. The number of aliphatic hydroxyl groups excluding tert-OH is 1. The monoisotopic (exact) mass is 375 g/mol. The number of carbonyl (C=O) groups is 3. The standard InChI is InChI=1S/C17H30FN3O5/c1-3-5-7-12(14(18)16(24)20-26)17(25)21-9-6-8-13(21)15(23)19-10-11(22)4-2/h11-14,22,26H,3-10H2,1-2H3,(H,19,23)(H,20,24)/t11-,12?,13?,14?/m0/s1. The van der Waals surface area contributed by atoms with Gasteiger partial charge in [-0.05, 0) is 25.7 Å². The molecule has 3 amide bonds. The van der Waals surface area contributed by atoms with Crippen LogP contribution in [0.25, 0.3) is 0 Å². The first-order valence-electron chi connectivity index (χ1n) is 9.21. The molecule has 1 rings (SSSR count). The van der Waals surface area contributed by atoms with Crippen LogP contribution >= 0.6 is 0 Å². The van der Waals surface area contributed by atoms with Crippen LogP contribution in [0, 0.1) is 5.92 Å². The van der Waals surface area contributed by atoms with Crippen LogP contribution in [0.1, 0.15) is 52.4 Å². The maximum absolute atomic E-state index is 14.4. The molecule has 0 aromatic heterocycles. The van der Waals surface area contributed by atoms with Gasteiger partial charge in [-0.25, -0.2) is 9.87 Å². The number of hydroxylamine groups is 1. The Hall–Kier alpha value is -1.74. The first-order chi connectivity index (χ1) is 12.4. The van der Waals surface area contributed by atoms with Gasteiger partial charge >= 0.3 is 0 Å². The predicted molar refractivity (Wildman–Crippen MR) is 91.9 cm³/mol. The van der Waals surface area contributed by atoms with Gasteiger partial charge in [-0.15, -0.1) is 0 Å². The van der Waals surface area contributed by atoms with Crippen LogP contribution in [0.15, 0.2) is 0 Å². The molecule has 0 spiro atoms. The number of aliphatic hydroxyl groups is 1. The summed E-state index contributed by atoms with van der Waals surface area (Å²) in [7, 11) is 0. The lowest BCUT2D eigenvalue weighted by Crippen LogP contribution is -2.51. The maximum atomic E-state index is 14.4. The summed E-state index contributed by atoms with van der Waals surface area (Å²) in [4.78, 5) is 37.9. The van der Waals surface area contributed by atoms with Gasteiger partial charge in [0, 0.05) is 13.1 Å². The summed E-state index contributed by atoms with van der Waals surface area (Å²) in [6.07, 6.45) is 0.123. The highest BCUT2D eigenvalue weighted by Gasteiger charge is 2.41. The zero-order valence-electron chi connectivity index (χ0n) is 15.4. The molecule has 150 valence electrons. The van der Waals surface area contributed by atoms with Crippen LogP contribution in [0.4, 0.5) is 4.39 Å². The number of hydrogen-bond donors (Lipinski definition) is 4. The number of carbonyl (C=O) groups excluding carboxylic acids is 3. The molecule has 4 N–H and O–H groups in total.